The van der Waals surface area contributed by atoms with Crippen LogP contribution < -0.4 is 11.1 Å². The lowest BCUT2D eigenvalue weighted by molar-refractivity contribution is -0.124. The van der Waals surface area contributed by atoms with Crippen LogP contribution in [0.25, 0.3) is 0 Å². The summed E-state index contributed by atoms with van der Waals surface area (Å²) < 4.78 is 0.887. The fourth-order valence-electron chi connectivity index (χ4n) is 3.01. The van der Waals surface area contributed by atoms with Gasteiger partial charge in [0.1, 0.15) is 5.54 Å². The summed E-state index contributed by atoms with van der Waals surface area (Å²) in [7, 11) is 0. The second-order valence-electron chi connectivity index (χ2n) is 5.95. The number of benzene rings is 1. The van der Waals surface area contributed by atoms with Crippen molar-refractivity contribution in [2.24, 2.45) is 5.73 Å². The van der Waals surface area contributed by atoms with E-state index in [0.717, 1.165) is 22.9 Å². The van der Waals surface area contributed by atoms with E-state index in [0.29, 0.717) is 11.1 Å². The highest BCUT2D eigenvalue weighted by atomic mass is 79.9. The highest BCUT2D eigenvalue weighted by Crippen LogP contribution is 2.32. The molecule has 2 rings (SSSR count). The molecule has 0 saturated heterocycles. The van der Waals surface area contributed by atoms with E-state index < -0.39 is 11.4 Å². The van der Waals surface area contributed by atoms with Crippen LogP contribution >= 0.6 is 27.5 Å². The third-order valence-corrected chi connectivity index (χ3v) is 5.12. The van der Waals surface area contributed by atoms with Gasteiger partial charge in [0.2, 0.25) is 5.91 Å². The maximum atomic E-state index is 12.1. The molecule has 0 radical (unpaired) electrons. The average Bonchev–Trinajstić information content (AvgIpc) is 2.66. The summed E-state index contributed by atoms with van der Waals surface area (Å²) >= 11 is 9.72. The Morgan fingerprint density at radius 1 is 1.33 bits per heavy atom. The first kappa shape index (κ1) is 16.8. The summed E-state index contributed by atoms with van der Waals surface area (Å²) in [6.45, 7) is 1.83. The van der Waals surface area contributed by atoms with E-state index in [2.05, 4.69) is 21.2 Å². The zero-order valence-corrected chi connectivity index (χ0v) is 14.6. The van der Waals surface area contributed by atoms with Gasteiger partial charge in [-0.25, -0.2) is 0 Å². The second kappa shape index (κ2) is 7.12. The number of nitrogens with one attached hydrogen (secondary N) is 1. The lowest BCUT2D eigenvalue weighted by atomic mass is 9.89. The first-order valence-electron chi connectivity index (χ1n) is 7.46. The number of halogens is 2. The summed E-state index contributed by atoms with van der Waals surface area (Å²) in [5.74, 6) is -0.393. The average molecular weight is 374 g/mol. The number of amides is 1. The van der Waals surface area contributed by atoms with Crippen molar-refractivity contribution in [3.05, 3.63) is 33.3 Å². The summed E-state index contributed by atoms with van der Waals surface area (Å²) in [6.07, 6.45) is 7.09. The number of rotatable bonds is 4. The van der Waals surface area contributed by atoms with Crippen molar-refractivity contribution in [2.45, 2.75) is 57.0 Å². The Morgan fingerprint density at radius 2 is 1.95 bits per heavy atom. The van der Waals surface area contributed by atoms with E-state index >= 15 is 0 Å². The third-order valence-electron chi connectivity index (χ3n) is 4.31. The van der Waals surface area contributed by atoms with E-state index in [9.17, 15) is 4.79 Å². The van der Waals surface area contributed by atoms with Gasteiger partial charge in [-0.1, -0.05) is 59.3 Å². The van der Waals surface area contributed by atoms with Gasteiger partial charge >= 0.3 is 0 Å². The lowest BCUT2D eigenvalue weighted by Gasteiger charge is -2.33. The molecule has 1 aromatic rings. The first-order chi connectivity index (χ1) is 9.93. The van der Waals surface area contributed by atoms with E-state index in [1.165, 1.54) is 25.7 Å². The molecule has 116 valence electrons. The third kappa shape index (κ3) is 3.99. The molecule has 1 aliphatic carbocycles. The minimum absolute atomic E-state index is 0.310. The van der Waals surface area contributed by atoms with E-state index in [4.69, 9.17) is 17.3 Å². The molecule has 1 atom stereocenters. The van der Waals surface area contributed by atoms with Gasteiger partial charge in [0.15, 0.2) is 0 Å². The van der Waals surface area contributed by atoms with Crippen LogP contribution in [0.2, 0.25) is 5.02 Å². The quantitative estimate of drug-likeness (QED) is 0.780. The molecule has 0 aromatic heterocycles. The summed E-state index contributed by atoms with van der Waals surface area (Å²) in [6, 6.07) is 5.86. The molecular weight excluding hydrogens is 352 g/mol. The number of carbonyl (C=O) groups excluding carboxylic acids is 1. The molecular formula is C16H22BrClN2O. The predicted octanol–water partition coefficient (Wildman–Crippen LogP) is 4.12. The Bertz CT molecular complexity index is 515. The SMILES string of the molecule is CC(NC1CCCCCC1)(C(N)=O)c1ccc(Br)cc1Cl. The lowest BCUT2D eigenvalue weighted by Crippen LogP contribution is -2.54. The Labute approximate surface area is 139 Å². The van der Waals surface area contributed by atoms with Gasteiger partial charge in [-0.3, -0.25) is 10.1 Å². The Morgan fingerprint density at radius 3 is 2.48 bits per heavy atom. The molecule has 1 aliphatic rings. The number of hydrogen-bond acceptors (Lipinski definition) is 2. The van der Waals surface area contributed by atoms with Gasteiger partial charge in [-0.05, 0) is 37.5 Å². The maximum absolute atomic E-state index is 12.1. The summed E-state index contributed by atoms with van der Waals surface area (Å²) in [5, 5.41) is 4.02. The standard InChI is InChI=1S/C16H22BrClN2O/c1-16(15(19)21,13-9-8-11(17)10-14(13)18)20-12-6-4-2-3-5-7-12/h8-10,12,20H,2-7H2,1H3,(H2,19,21). The molecule has 3 nitrogen and oxygen atoms in total. The van der Waals surface area contributed by atoms with Gasteiger partial charge in [0.25, 0.3) is 0 Å². The minimum Gasteiger partial charge on any atom is -0.368 e. The monoisotopic (exact) mass is 372 g/mol. The molecule has 0 spiro atoms. The van der Waals surface area contributed by atoms with E-state index in [1.807, 2.05) is 19.1 Å². The van der Waals surface area contributed by atoms with Crippen molar-refractivity contribution >= 4 is 33.4 Å². The molecule has 0 aliphatic heterocycles. The predicted molar refractivity (Wildman–Crippen MR) is 90.3 cm³/mol. The van der Waals surface area contributed by atoms with Gasteiger partial charge in [0.05, 0.1) is 0 Å². The largest absolute Gasteiger partial charge is 0.368 e. The fourth-order valence-corrected chi connectivity index (χ4v) is 3.87. The molecule has 5 heteroatoms. The van der Waals surface area contributed by atoms with Crippen LogP contribution in [0, 0.1) is 0 Å². The van der Waals surface area contributed by atoms with Crippen molar-refractivity contribution in [3.8, 4) is 0 Å². The summed E-state index contributed by atoms with van der Waals surface area (Å²) in [4.78, 5) is 12.1. The number of nitrogens with two attached hydrogens (primary N) is 1. The molecule has 3 N–H and O–H groups in total. The second-order valence-corrected chi connectivity index (χ2v) is 7.27. The topological polar surface area (TPSA) is 55.1 Å². The Hall–Kier alpha value is -0.580. The molecule has 1 aromatic carbocycles. The smallest absolute Gasteiger partial charge is 0.242 e. The zero-order valence-electron chi connectivity index (χ0n) is 12.3. The van der Waals surface area contributed by atoms with Crippen LogP contribution in [0.5, 0.6) is 0 Å². The number of hydrogen-bond donors (Lipinski definition) is 2. The van der Waals surface area contributed by atoms with Crippen LogP contribution in [0.1, 0.15) is 51.0 Å². The van der Waals surface area contributed by atoms with E-state index in [-0.39, 0.29) is 0 Å². The van der Waals surface area contributed by atoms with Crippen LogP contribution in [0.15, 0.2) is 22.7 Å². The van der Waals surface area contributed by atoms with Crippen LogP contribution in [0.3, 0.4) is 0 Å². The fraction of sp³-hybridized carbons (Fsp3) is 0.562. The highest BCUT2D eigenvalue weighted by molar-refractivity contribution is 9.10. The number of carbonyl (C=O) groups is 1. The van der Waals surface area contributed by atoms with Gasteiger partial charge in [-0.2, -0.15) is 0 Å². The van der Waals surface area contributed by atoms with Gasteiger partial charge < -0.3 is 5.73 Å². The van der Waals surface area contributed by atoms with Gasteiger partial charge in [0, 0.05) is 15.5 Å². The molecule has 0 bridgehead atoms. The first-order valence-corrected chi connectivity index (χ1v) is 8.63. The van der Waals surface area contributed by atoms with Crippen LogP contribution in [-0.2, 0) is 10.3 Å². The van der Waals surface area contributed by atoms with Crippen molar-refractivity contribution in [2.75, 3.05) is 0 Å². The zero-order chi connectivity index (χ0) is 15.5. The molecule has 1 fully saturated rings. The minimum atomic E-state index is -0.938. The molecule has 0 heterocycles. The Kier molecular flexibility index (Phi) is 5.69. The van der Waals surface area contributed by atoms with Crippen LogP contribution in [-0.4, -0.2) is 11.9 Å². The molecule has 21 heavy (non-hydrogen) atoms. The van der Waals surface area contributed by atoms with E-state index in [1.54, 1.807) is 6.07 Å². The number of primary amides is 1. The van der Waals surface area contributed by atoms with Crippen molar-refractivity contribution < 1.29 is 4.79 Å². The van der Waals surface area contributed by atoms with Crippen molar-refractivity contribution in [1.29, 1.82) is 0 Å². The van der Waals surface area contributed by atoms with Crippen molar-refractivity contribution in [1.82, 2.24) is 5.32 Å². The highest BCUT2D eigenvalue weighted by Gasteiger charge is 2.37. The Balaban J connectivity index is 2.28. The normalized spacial score (nSPS) is 19.8. The molecule has 1 unspecified atom stereocenters. The molecule has 1 amide bonds. The van der Waals surface area contributed by atoms with Gasteiger partial charge in [-0.15, -0.1) is 0 Å². The van der Waals surface area contributed by atoms with Crippen LogP contribution in [0.4, 0.5) is 0 Å². The molecule has 1 saturated carbocycles. The summed E-state index contributed by atoms with van der Waals surface area (Å²) in [5.41, 5.74) is 5.50. The maximum Gasteiger partial charge on any atom is 0.242 e. The van der Waals surface area contributed by atoms with Crippen molar-refractivity contribution in [3.63, 3.8) is 0 Å².